The van der Waals surface area contributed by atoms with Crippen molar-refractivity contribution in [3.05, 3.63) is 60.3 Å². The Kier molecular flexibility index (Phi) is 6.66. The van der Waals surface area contributed by atoms with E-state index in [1.54, 1.807) is 19.2 Å². The number of ether oxygens (including phenoxy) is 2. The Hall–Kier alpha value is -3.85. The standard InChI is InChI=1S/C23H26N6O3/c1-16-14-21(28-22(24-16)29-10-12-32-13-11-29)25-17-6-8-18(9-7-17)26-23(30)27-19-4-3-5-20(15-19)31-2/h3-9,14-15H,10-13H2,1-2H3,(H,24,25,28)(H2,26,27,30). The average Bonchev–Trinajstić information content (AvgIpc) is 2.80. The molecule has 0 bridgehead atoms. The van der Waals surface area contributed by atoms with Crippen LogP contribution < -0.4 is 25.6 Å². The number of nitrogens with zero attached hydrogens (tertiary/aromatic N) is 3. The van der Waals surface area contributed by atoms with E-state index >= 15 is 0 Å². The zero-order valence-electron chi connectivity index (χ0n) is 18.1. The average molecular weight is 435 g/mol. The molecule has 0 radical (unpaired) electrons. The van der Waals surface area contributed by atoms with E-state index in [2.05, 4.69) is 30.8 Å². The number of hydrogen-bond acceptors (Lipinski definition) is 7. The van der Waals surface area contributed by atoms with Crippen molar-refractivity contribution < 1.29 is 14.3 Å². The lowest BCUT2D eigenvalue weighted by Gasteiger charge is -2.27. The number of morpholine rings is 1. The molecule has 1 saturated heterocycles. The summed E-state index contributed by atoms with van der Waals surface area (Å²) >= 11 is 0. The molecule has 9 heteroatoms. The molecule has 0 unspecified atom stereocenters. The highest BCUT2D eigenvalue weighted by atomic mass is 16.5. The monoisotopic (exact) mass is 434 g/mol. The lowest BCUT2D eigenvalue weighted by molar-refractivity contribution is 0.122. The van der Waals surface area contributed by atoms with Crippen molar-refractivity contribution in [2.24, 2.45) is 0 Å². The van der Waals surface area contributed by atoms with Gasteiger partial charge in [0.1, 0.15) is 11.6 Å². The number of benzene rings is 2. The molecule has 9 nitrogen and oxygen atoms in total. The fraction of sp³-hybridized carbons (Fsp3) is 0.261. The van der Waals surface area contributed by atoms with Crippen molar-refractivity contribution in [1.82, 2.24) is 9.97 Å². The molecule has 1 aliphatic heterocycles. The van der Waals surface area contributed by atoms with Crippen LogP contribution in [0, 0.1) is 6.92 Å². The number of carbonyl (C=O) groups is 1. The van der Waals surface area contributed by atoms with Crippen LogP contribution in [0.25, 0.3) is 0 Å². The molecule has 166 valence electrons. The number of hydrogen-bond donors (Lipinski definition) is 3. The molecular weight excluding hydrogens is 408 g/mol. The van der Waals surface area contributed by atoms with Gasteiger partial charge in [0.05, 0.1) is 20.3 Å². The van der Waals surface area contributed by atoms with Gasteiger partial charge in [-0.3, -0.25) is 0 Å². The molecule has 2 amide bonds. The minimum absolute atomic E-state index is 0.333. The summed E-state index contributed by atoms with van der Waals surface area (Å²) in [5.41, 5.74) is 3.06. The maximum absolute atomic E-state index is 12.3. The SMILES string of the molecule is COc1cccc(NC(=O)Nc2ccc(Nc3cc(C)nc(N4CCOCC4)n3)cc2)c1. The van der Waals surface area contributed by atoms with Gasteiger partial charge in [-0.1, -0.05) is 6.07 Å². The van der Waals surface area contributed by atoms with Crippen molar-refractivity contribution in [3.8, 4) is 5.75 Å². The van der Waals surface area contributed by atoms with Crippen LogP contribution in [0.15, 0.2) is 54.6 Å². The third-order valence-corrected chi connectivity index (χ3v) is 4.88. The van der Waals surface area contributed by atoms with E-state index < -0.39 is 0 Å². The van der Waals surface area contributed by atoms with Gasteiger partial charge in [0.15, 0.2) is 0 Å². The molecule has 3 N–H and O–H groups in total. The molecule has 4 rings (SSSR count). The van der Waals surface area contributed by atoms with Crippen molar-refractivity contribution in [1.29, 1.82) is 0 Å². The lowest BCUT2D eigenvalue weighted by Crippen LogP contribution is -2.37. The number of amides is 2. The molecule has 2 aromatic carbocycles. The van der Waals surface area contributed by atoms with Crippen LogP contribution in [0.2, 0.25) is 0 Å². The van der Waals surface area contributed by atoms with Crippen molar-refractivity contribution >= 4 is 34.9 Å². The van der Waals surface area contributed by atoms with Gasteiger partial charge in [0, 0.05) is 48.0 Å². The van der Waals surface area contributed by atoms with Crippen LogP contribution in [-0.2, 0) is 4.74 Å². The van der Waals surface area contributed by atoms with E-state index in [9.17, 15) is 4.79 Å². The Bertz CT molecular complexity index is 1070. The van der Waals surface area contributed by atoms with Crippen LogP contribution in [0.1, 0.15) is 5.69 Å². The summed E-state index contributed by atoms with van der Waals surface area (Å²) in [5, 5.41) is 8.91. The van der Waals surface area contributed by atoms with Crippen LogP contribution >= 0.6 is 0 Å². The summed E-state index contributed by atoms with van der Waals surface area (Å²) in [6.45, 7) is 4.87. The Morgan fingerprint density at radius 3 is 2.44 bits per heavy atom. The second-order valence-corrected chi connectivity index (χ2v) is 7.31. The Morgan fingerprint density at radius 2 is 1.69 bits per heavy atom. The molecule has 1 fully saturated rings. The molecule has 32 heavy (non-hydrogen) atoms. The molecule has 0 aliphatic carbocycles. The number of aryl methyl sites for hydroxylation is 1. The maximum atomic E-state index is 12.3. The van der Waals surface area contributed by atoms with Gasteiger partial charge >= 0.3 is 6.03 Å². The first-order valence-electron chi connectivity index (χ1n) is 10.4. The lowest BCUT2D eigenvalue weighted by atomic mass is 10.2. The number of nitrogens with one attached hydrogen (secondary N) is 3. The van der Waals surface area contributed by atoms with Crippen molar-refractivity contribution in [2.45, 2.75) is 6.92 Å². The number of aromatic nitrogens is 2. The molecule has 0 saturated carbocycles. The maximum Gasteiger partial charge on any atom is 0.323 e. The molecule has 1 aromatic heterocycles. The largest absolute Gasteiger partial charge is 0.497 e. The van der Waals surface area contributed by atoms with E-state index in [-0.39, 0.29) is 6.03 Å². The van der Waals surface area contributed by atoms with Crippen LogP contribution in [0.5, 0.6) is 5.75 Å². The number of methoxy groups -OCH3 is 1. The molecule has 0 spiro atoms. The van der Waals surface area contributed by atoms with Crippen LogP contribution in [-0.4, -0.2) is 49.4 Å². The highest BCUT2D eigenvalue weighted by molar-refractivity contribution is 5.99. The number of anilines is 5. The Morgan fingerprint density at radius 1 is 0.969 bits per heavy atom. The highest BCUT2D eigenvalue weighted by Crippen LogP contribution is 2.21. The first-order valence-corrected chi connectivity index (χ1v) is 10.4. The fourth-order valence-electron chi connectivity index (χ4n) is 3.30. The van der Waals surface area contributed by atoms with Gasteiger partial charge < -0.3 is 30.3 Å². The summed E-state index contributed by atoms with van der Waals surface area (Å²) in [4.78, 5) is 23.6. The minimum Gasteiger partial charge on any atom is -0.497 e. The molecule has 1 aliphatic rings. The van der Waals surface area contributed by atoms with Crippen LogP contribution in [0.3, 0.4) is 0 Å². The van der Waals surface area contributed by atoms with Gasteiger partial charge in [-0.15, -0.1) is 0 Å². The summed E-state index contributed by atoms with van der Waals surface area (Å²) in [7, 11) is 1.58. The fourth-order valence-corrected chi connectivity index (χ4v) is 3.30. The smallest absolute Gasteiger partial charge is 0.323 e. The van der Waals surface area contributed by atoms with E-state index in [4.69, 9.17) is 9.47 Å². The second kappa shape index (κ2) is 9.97. The van der Waals surface area contributed by atoms with Crippen LogP contribution in [0.4, 0.5) is 33.6 Å². The quantitative estimate of drug-likeness (QED) is 0.539. The van der Waals surface area contributed by atoms with E-state index in [1.807, 2.05) is 49.4 Å². The van der Waals surface area contributed by atoms with Gasteiger partial charge in [0.2, 0.25) is 5.95 Å². The topological polar surface area (TPSA) is 101 Å². The first-order chi connectivity index (χ1) is 15.6. The van der Waals surface area contributed by atoms with Gasteiger partial charge in [-0.05, 0) is 43.3 Å². The van der Waals surface area contributed by atoms with Gasteiger partial charge in [-0.25, -0.2) is 9.78 Å². The summed E-state index contributed by atoms with van der Waals surface area (Å²) in [6.07, 6.45) is 0. The van der Waals surface area contributed by atoms with Gasteiger partial charge in [0.25, 0.3) is 0 Å². The van der Waals surface area contributed by atoms with E-state index in [1.165, 1.54) is 0 Å². The molecular formula is C23H26N6O3. The Balaban J connectivity index is 1.37. The third-order valence-electron chi connectivity index (χ3n) is 4.88. The summed E-state index contributed by atoms with van der Waals surface area (Å²) in [6, 6.07) is 16.2. The summed E-state index contributed by atoms with van der Waals surface area (Å²) in [5.74, 6) is 2.09. The minimum atomic E-state index is -0.333. The van der Waals surface area contributed by atoms with E-state index in [0.29, 0.717) is 36.3 Å². The predicted molar refractivity (Wildman–Crippen MR) is 125 cm³/mol. The zero-order valence-corrected chi connectivity index (χ0v) is 18.1. The van der Waals surface area contributed by atoms with Gasteiger partial charge in [-0.2, -0.15) is 4.98 Å². The number of rotatable bonds is 6. The summed E-state index contributed by atoms with van der Waals surface area (Å²) < 4.78 is 10.6. The van der Waals surface area contributed by atoms with E-state index in [0.717, 1.165) is 30.3 Å². The number of urea groups is 1. The highest BCUT2D eigenvalue weighted by Gasteiger charge is 2.15. The molecule has 0 atom stereocenters. The van der Waals surface area contributed by atoms with Crippen molar-refractivity contribution in [3.63, 3.8) is 0 Å². The molecule has 2 heterocycles. The molecule has 3 aromatic rings. The second-order valence-electron chi connectivity index (χ2n) is 7.31. The zero-order chi connectivity index (χ0) is 22.3. The Labute approximate surface area is 186 Å². The predicted octanol–water partition coefficient (Wildman–Crippen LogP) is 4.02. The van der Waals surface area contributed by atoms with Crippen molar-refractivity contribution in [2.75, 3.05) is 54.3 Å². The normalized spacial score (nSPS) is 13.4. The third kappa shape index (κ3) is 5.64. The first kappa shape index (κ1) is 21.4. The number of carbonyl (C=O) groups excluding carboxylic acids is 1.